The van der Waals surface area contributed by atoms with Crippen LogP contribution in [0, 0.1) is 5.41 Å². The Morgan fingerprint density at radius 1 is 1.18 bits per heavy atom. The largest absolute Gasteiger partial charge is 0.350 e. The number of hydrogen-bond donors (Lipinski definition) is 0. The van der Waals surface area contributed by atoms with Gasteiger partial charge in [0.05, 0.1) is 12.7 Å². The van der Waals surface area contributed by atoms with E-state index in [1.54, 1.807) is 0 Å². The van der Waals surface area contributed by atoms with Gasteiger partial charge in [0.1, 0.15) is 0 Å². The van der Waals surface area contributed by atoms with Crippen molar-refractivity contribution >= 4 is 0 Å². The summed E-state index contributed by atoms with van der Waals surface area (Å²) in [5, 5.41) is 0. The Bertz CT molecular complexity index is 249. The monoisotopic (exact) mass is 243 g/mol. The van der Waals surface area contributed by atoms with Gasteiger partial charge in [-0.15, -0.1) is 0 Å². The predicted molar refractivity (Wildman–Crippen MR) is 71.1 cm³/mol. The van der Waals surface area contributed by atoms with E-state index in [4.69, 9.17) is 9.47 Å². The second kappa shape index (κ2) is 5.25. The summed E-state index contributed by atoms with van der Waals surface area (Å²) >= 11 is 0. The molecule has 1 aliphatic rings. The van der Waals surface area contributed by atoms with Crippen molar-refractivity contribution in [2.45, 2.75) is 65.4 Å². The third-order valence-corrected chi connectivity index (χ3v) is 3.80. The Balaban J connectivity index is 2.51. The lowest BCUT2D eigenvalue weighted by molar-refractivity contribution is -0.0504. The van der Waals surface area contributed by atoms with Crippen molar-refractivity contribution in [3.05, 3.63) is 0 Å². The smallest absolute Gasteiger partial charge is 0.155 e. The Morgan fingerprint density at radius 2 is 1.76 bits per heavy atom. The summed E-state index contributed by atoms with van der Waals surface area (Å²) in [6.45, 7) is 12.0. The van der Waals surface area contributed by atoms with Crippen LogP contribution in [-0.4, -0.2) is 43.5 Å². The van der Waals surface area contributed by atoms with E-state index < -0.39 is 0 Å². The highest BCUT2D eigenvalue weighted by Gasteiger charge is 2.34. The summed E-state index contributed by atoms with van der Waals surface area (Å²) in [6, 6.07) is 0. The van der Waals surface area contributed by atoms with Gasteiger partial charge in [0, 0.05) is 5.54 Å². The van der Waals surface area contributed by atoms with Gasteiger partial charge in [0.15, 0.2) is 6.29 Å². The summed E-state index contributed by atoms with van der Waals surface area (Å²) in [5.41, 5.74) is 0.487. The summed E-state index contributed by atoms with van der Waals surface area (Å²) in [4.78, 5) is 2.30. The van der Waals surface area contributed by atoms with Crippen LogP contribution in [0.15, 0.2) is 0 Å². The first-order chi connectivity index (χ1) is 7.62. The van der Waals surface area contributed by atoms with Crippen LogP contribution in [0.25, 0.3) is 0 Å². The first-order valence-corrected chi connectivity index (χ1v) is 6.57. The topological polar surface area (TPSA) is 21.7 Å². The molecule has 3 nitrogen and oxygen atoms in total. The maximum Gasteiger partial charge on any atom is 0.155 e. The molecule has 2 atom stereocenters. The number of nitrogens with zero attached hydrogens (tertiary/aromatic N) is 1. The van der Waals surface area contributed by atoms with E-state index in [1.807, 2.05) is 6.92 Å². The normalized spacial score (nSPS) is 26.8. The van der Waals surface area contributed by atoms with Crippen molar-refractivity contribution in [3.63, 3.8) is 0 Å². The molecule has 0 aromatic heterocycles. The molecule has 0 amide bonds. The molecule has 0 aromatic rings. The maximum absolute atomic E-state index is 5.74. The molecule has 0 aromatic carbocycles. The zero-order valence-corrected chi connectivity index (χ0v) is 12.5. The molecule has 17 heavy (non-hydrogen) atoms. The van der Waals surface area contributed by atoms with Crippen molar-refractivity contribution in [1.82, 2.24) is 4.90 Å². The summed E-state index contributed by atoms with van der Waals surface area (Å²) in [5.74, 6) is 0. The average molecular weight is 243 g/mol. The fourth-order valence-electron chi connectivity index (χ4n) is 2.72. The minimum Gasteiger partial charge on any atom is -0.350 e. The van der Waals surface area contributed by atoms with E-state index in [1.165, 1.54) is 0 Å². The van der Waals surface area contributed by atoms with Gasteiger partial charge in [-0.1, -0.05) is 13.8 Å². The lowest BCUT2D eigenvalue weighted by Crippen LogP contribution is -2.42. The molecule has 1 aliphatic heterocycles. The molecular formula is C14H29NO2. The van der Waals surface area contributed by atoms with Crippen LogP contribution in [0.3, 0.4) is 0 Å². The van der Waals surface area contributed by atoms with Gasteiger partial charge in [0.25, 0.3) is 0 Å². The molecule has 2 unspecified atom stereocenters. The molecule has 0 aliphatic carbocycles. The van der Waals surface area contributed by atoms with E-state index in [0.29, 0.717) is 0 Å². The number of hydrogen-bond acceptors (Lipinski definition) is 3. The van der Waals surface area contributed by atoms with Crippen LogP contribution < -0.4 is 0 Å². The third-order valence-electron chi connectivity index (χ3n) is 3.80. The molecule has 1 rings (SSSR count). The minimum atomic E-state index is -0.0299. The van der Waals surface area contributed by atoms with Gasteiger partial charge >= 0.3 is 0 Å². The second-order valence-electron chi connectivity index (χ2n) is 6.91. The fraction of sp³-hybridized carbons (Fsp3) is 1.00. The van der Waals surface area contributed by atoms with E-state index in [-0.39, 0.29) is 23.3 Å². The van der Waals surface area contributed by atoms with Crippen LogP contribution in [0.4, 0.5) is 0 Å². The van der Waals surface area contributed by atoms with E-state index >= 15 is 0 Å². The molecule has 1 saturated heterocycles. The molecular weight excluding hydrogens is 214 g/mol. The minimum absolute atomic E-state index is 0.0299. The standard InChI is InChI=1S/C14H29NO2/c1-11-16-9-12(17-11)8-13(2,3)10-14(4,5)15(6)7/h11-12H,8-10H2,1-7H3. The van der Waals surface area contributed by atoms with Gasteiger partial charge < -0.3 is 14.4 Å². The van der Waals surface area contributed by atoms with Crippen molar-refractivity contribution in [2.75, 3.05) is 20.7 Å². The highest BCUT2D eigenvalue weighted by Crippen LogP contribution is 2.36. The Labute approximate surface area is 106 Å². The average Bonchev–Trinajstić information content (AvgIpc) is 2.47. The first kappa shape index (κ1) is 14.9. The van der Waals surface area contributed by atoms with Gasteiger partial charge in [0.2, 0.25) is 0 Å². The first-order valence-electron chi connectivity index (χ1n) is 6.57. The fourth-order valence-corrected chi connectivity index (χ4v) is 2.72. The second-order valence-corrected chi connectivity index (χ2v) is 6.91. The van der Waals surface area contributed by atoms with Crippen molar-refractivity contribution in [2.24, 2.45) is 5.41 Å². The summed E-state index contributed by atoms with van der Waals surface area (Å²) in [7, 11) is 4.29. The Morgan fingerprint density at radius 3 is 2.18 bits per heavy atom. The molecule has 0 N–H and O–H groups in total. The molecule has 102 valence electrons. The van der Waals surface area contributed by atoms with E-state index in [9.17, 15) is 0 Å². The lowest BCUT2D eigenvalue weighted by Gasteiger charge is -2.40. The predicted octanol–water partition coefficient (Wildman–Crippen LogP) is 2.89. The SMILES string of the molecule is CC1OCC(CC(C)(C)CC(C)(C)N(C)C)O1. The molecule has 0 radical (unpaired) electrons. The molecule has 1 fully saturated rings. The van der Waals surface area contributed by atoms with Gasteiger partial charge in [-0.05, 0) is 53.1 Å². The molecule has 0 saturated carbocycles. The van der Waals surface area contributed by atoms with Gasteiger partial charge in [-0.3, -0.25) is 0 Å². The summed E-state index contributed by atoms with van der Waals surface area (Å²) in [6.07, 6.45) is 2.45. The van der Waals surface area contributed by atoms with Crippen molar-refractivity contribution < 1.29 is 9.47 Å². The Kier molecular flexibility index (Phi) is 4.61. The van der Waals surface area contributed by atoms with E-state index in [0.717, 1.165) is 19.4 Å². The maximum atomic E-state index is 5.74. The van der Waals surface area contributed by atoms with Crippen molar-refractivity contribution in [1.29, 1.82) is 0 Å². The number of rotatable bonds is 5. The molecule has 0 spiro atoms. The zero-order valence-electron chi connectivity index (χ0n) is 12.5. The zero-order chi connectivity index (χ0) is 13.3. The van der Waals surface area contributed by atoms with Crippen LogP contribution in [0.5, 0.6) is 0 Å². The Hall–Kier alpha value is -0.120. The molecule has 0 bridgehead atoms. The van der Waals surface area contributed by atoms with Crippen molar-refractivity contribution in [3.8, 4) is 0 Å². The molecule has 1 heterocycles. The van der Waals surface area contributed by atoms with Gasteiger partial charge in [-0.25, -0.2) is 0 Å². The summed E-state index contributed by atoms with van der Waals surface area (Å²) < 4.78 is 11.2. The highest BCUT2D eigenvalue weighted by atomic mass is 16.7. The third kappa shape index (κ3) is 4.57. The van der Waals surface area contributed by atoms with Gasteiger partial charge in [-0.2, -0.15) is 0 Å². The van der Waals surface area contributed by atoms with Crippen LogP contribution in [0.2, 0.25) is 0 Å². The lowest BCUT2D eigenvalue weighted by atomic mass is 9.76. The van der Waals surface area contributed by atoms with Crippen LogP contribution in [-0.2, 0) is 9.47 Å². The molecule has 3 heteroatoms. The van der Waals surface area contributed by atoms with Crippen LogP contribution >= 0.6 is 0 Å². The van der Waals surface area contributed by atoms with Crippen LogP contribution in [0.1, 0.15) is 47.5 Å². The van der Waals surface area contributed by atoms with E-state index in [2.05, 4.69) is 46.7 Å². The highest BCUT2D eigenvalue weighted by molar-refractivity contribution is 4.87. The quantitative estimate of drug-likeness (QED) is 0.741. The number of ether oxygens (including phenoxy) is 2.